The molecule has 0 radical (unpaired) electrons. The number of nitrogens with zero attached hydrogens (tertiary/aromatic N) is 5. The fourth-order valence-corrected chi connectivity index (χ4v) is 6.48. The minimum atomic E-state index is -5.02. The predicted octanol–water partition coefficient (Wildman–Crippen LogP) is 8.88. The van der Waals surface area contributed by atoms with Gasteiger partial charge in [0, 0.05) is 48.2 Å². The van der Waals surface area contributed by atoms with Crippen LogP contribution < -0.4 is 4.90 Å². The standard InChI is InChI=1S/C33H39F6N5O2/c1-5-43(28-9-7-6-8-10-28)30-24(11-23(15-40-30)25-16-41-42(18-25)17-20(2)3)19-44-21(4)29(46-31(44)45)22-12-26(32(34,35)36)14-27(13-22)33(37,38)39/h11-16,18,20-21,28-29H,5-10,17,19H2,1-4H3/t21-,29?/m0/s1. The van der Waals surface area contributed by atoms with Crippen molar-refractivity contribution in [2.45, 2.75) is 103 Å². The van der Waals surface area contributed by atoms with Gasteiger partial charge in [0.2, 0.25) is 0 Å². The van der Waals surface area contributed by atoms with Crippen LogP contribution in [0.2, 0.25) is 0 Å². The SMILES string of the molecule is CCN(c1ncc(-c2cnn(CC(C)C)c2)cc1CN1C(=O)OC(c2cc(C(F)(F)F)cc(C(F)(F)F)c2)[C@@H]1C)C1CCCCC1. The molecule has 1 amide bonds. The third kappa shape index (κ3) is 7.28. The van der Waals surface area contributed by atoms with Gasteiger partial charge >= 0.3 is 18.4 Å². The van der Waals surface area contributed by atoms with Gasteiger partial charge in [0.25, 0.3) is 0 Å². The summed E-state index contributed by atoms with van der Waals surface area (Å²) in [5.41, 5.74) is -0.971. The van der Waals surface area contributed by atoms with E-state index in [9.17, 15) is 31.1 Å². The van der Waals surface area contributed by atoms with Gasteiger partial charge in [-0.2, -0.15) is 31.4 Å². The molecular weight excluding hydrogens is 612 g/mol. The Morgan fingerprint density at radius 1 is 0.957 bits per heavy atom. The maximum atomic E-state index is 13.6. The fourth-order valence-electron chi connectivity index (χ4n) is 6.48. The minimum Gasteiger partial charge on any atom is -0.439 e. The molecule has 2 atom stereocenters. The molecule has 2 fully saturated rings. The molecule has 2 aromatic heterocycles. The van der Waals surface area contributed by atoms with E-state index in [0.29, 0.717) is 36.0 Å². The molecule has 46 heavy (non-hydrogen) atoms. The molecule has 1 aliphatic heterocycles. The van der Waals surface area contributed by atoms with E-state index in [1.165, 1.54) is 4.90 Å². The van der Waals surface area contributed by atoms with Crippen molar-refractivity contribution in [3.8, 4) is 11.1 Å². The van der Waals surface area contributed by atoms with Gasteiger partial charge < -0.3 is 9.64 Å². The van der Waals surface area contributed by atoms with Crippen molar-refractivity contribution >= 4 is 11.9 Å². The zero-order valence-corrected chi connectivity index (χ0v) is 26.3. The third-order valence-corrected chi connectivity index (χ3v) is 8.76. The number of aromatic nitrogens is 3. The van der Waals surface area contributed by atoms with Gasteiger partial charge in [0.1, 0.15) is 11.9 Å². The van der Waals surface area contributed by atoms with Crippen molar-refractivity contribution in [3.05, 3.63) is 65.1 Å². The number of carbonyl (C=O) groups excluding carboxylic acids is 1. The number of rotatable bonds is 9. The number of benzene rings is 1. The average Bonchev–Trinajstić information content (AvgIpc) is 3.57. The van der Waals surface area contributed by atoms with Gasteiger partial charge in [0.05, 0.1) is 29.9 Å². The van der Waals surface area contributed by atoms with E-state index in [1.807, 2.05) is 23.9 Å². The highest BCUT2D eigenvalue weighted by molar-refractivity contribution is 5.72. The summed E-state index contributed by atoms with van der Waals surface area (Å²) >= 11 is 0. The van der Waals surface area contributed by atoms with Crippen LogP contribution in [0.5, 0.6) is 0 Å². The van der Waals surface area contributed by atoms with Crippen LogP contribution in [0.25, 0.3) is 11.1 Å². The molecule has 3 aromatic rings. The van der Waals surface area contributed by atoms with Gasteiger partial charge in [-0.3, -0.25) is 9.58 Å². The zero-order valence-electron chi connectivity index (χ0n) is 26.3. The Hall–Kier alpha value is -3.77. The topological polar surface area (TPSA) is 63.5 Å². The maximum Gasteiger partial charge on any atom is 0.416 e. The monoisotopic (exact) mass is 651 g/mol. The Morgan fingerprint density at radius 2 is 1.61 bits per heavy atom. The zero-order chi connectivity index (χ0) is 33.4. The Kier molecular flexibility index (Phi) is 9.60. The fraction of sp³-hybridized carbons (Fsp3) is 0.545. The normalized spacial score (nSPS) is 19.6. The molecule has 0 N–H and O–H groups in total. The highest BCUT2D eigenvalue weighted by Gasteiger charge is 2.43. The van der Waals surface area contributed by atoms with Gasteiger partial charge in [-0.15, -0.1) is 0 Å². The van der Waals surface area contributed by atoms with Crippen LogP contribution in [0.4, 0.5) is 37.0 Å². The number of halogens is 6. The first-order valence-corrected chi connectivity index (χ1v) is 15.7. The molecule has 0 spiro atoms. The molecule has 1 aromatic carbocycles. The first kappa shape index (κ1) is 33.6. The van der Waals surface area contributed by atoms with E-state index in [0.717, 1.165) is 49.8 Å². The molecule has 1 aliphatic carbocycles. The van der Waals surface area contributed by atoms with Crippen molar-refractivity contribution in [2.24, 2.45) is 5.92 Å². The number of alkyl halides is 6. The molecule has 2 aliphatic rings. The van der Waals surface area contributed by atoms with Crippen molar-refractivity contribution in [3.63, 3.8) is 0 Å². The van der Waals surface area contributed by atoms with E-state index >= 15 is 0 Å². The summed E-state index contributed by atoms with van der Waals surface area (Å²) in [6.07, 6.45) is -1.41. The van der Waals surface area contributed by atoms with Crippen LogP contribution in [-0.2, 0) is 30.2 Å². The highest BCUT2D eigenvalue weighted by Crippen LogP contribution is 2.42. The van der Waals surface area contributed by atoms with Gasteiger partial charge in [-0.1, -0.05) is 33.1 Å². The van der Waals surface area contributed by atoms with Crippen molar-refractivity contribution in [2.75, 3.05) is 11.4 Å². The van der Waals surface area contributed by atoms with Gasteiger partial charge in [0.15, 0.2) is 0 Å². The summed E-state index contributed by atoms with van der Waals surface area (Å²) in [6, 6.07) is 2.64. The van der Waals surface area contributed by atoms with Crippen LogP contribution in [0.15, 0.2) is 42.9 Å². The minimum absolute atomic E-state index is 0.00111. The highest BCUT2D eigenvalue weighted by atomic mass is 19.4. The van der Waals surface area contributed by atoms with Crippen molar-refractivity contribution in [1.82, 2.24) is 19.7 Å². The van der Waals surface area contributed by atoms with Crippen LogP contribution in [0, 0.1) is 5.92 Å². The molecule has 1 saturated heterocycles. The van der Waals surface area contributed by atoms with E-state index in [4.69, 9.17) is 9.72 Å². The summed E-state index contributed by atoms with van der Waals surface area (Å²) in [7, 11) is 0. The molecule has 0 bridgehead atoms. The molecule has 13 heteroatoms. The Bertz CT molecular complexity index is 1500. The molecule has 250 valence electrons. The summed E-state index contributed by atoms with van der Waals surface area (Å²) in [4.78, 5) is 21.7. The second-order valence-corrected chi connectivity index (χ2v) is 12.6. The maximum absolute atomic E-state index is 13.6. The number of hydrogen-bond acceptors (Lipinski definition) is 5. The van der Waals surface area contributed by atoms with Crippen LogP contribution >= 0.6 is 0 Å². The Balaban J connectivity index is 1.51. The van der Waals surface area contributed by atoms with E-state index in [-0.39, 0.29) is 24.2 Å². The number of carbonyl (C=O) groups is 1. The van der Waals surface area contributed by atoms with Gasteiger partial charge in [-0.05, 0) is 62.4 Å². The Morgan fingerprint density at radius 3 is 2.20 bits per heavy atom. The summed E-state index contributed by atoms with van der Waals surface area (Å²) in [5, 5.41) is 4.46. The molecule has 1 unspecified atom stereocenters. The van der Waals surface area contributed by atoms with E-state index in [2.05, 4.69) is 23.8 Å². The lowest BCUT2D eigenvalue weighted by molar-refractivity contribution is -0.143. The van der Waals surface area contributed by atoms with E-state index < -0.39 is 41.7 Å². The molecule has 7 nitrogen and oxygen atoms in total. The second-order valence-electron chi connectivity index (χ2n) is 12.6. The van der Waals surface area contributed by atoms with Crippen molar-refractivity contribution in [1.29, 1.82) is 0 Å². The molecule has 5 rings (SSSR count). The lowest BCUT2D eigenvalue weighted by Crippen LogP contribution is -2.39. The van der Waals surface area contributed by atoms with Crippen LogP contribution in [0.3, 0.4) is 0 Å². The van der Waals surface area contributed by atoms with Crippen LogP contribution in [-0.4, -0.2) is 44.4 Å². The number of cyclic esters (lactones) is 1. The molecule has 3 heterocycles. The number of pyridine rings is 1. The largest absolute Gasteiger partial charge is 0.439 e. The predicted molar refractivity (Wildman–Crippen MR) is 161 cm³/mol. The quantitative estimate of drug-likeness (QED) is 0.216. The molecular formula is C33H39F6N5O2. The third-order valence-electron chi connectivity index (χ3n) is 8.76. The lowest BCUT2D eigenvalue weighted by Gasteiger charge is -2.36. The summed E-state index contributed by atoms with van der Waals surface area (Å²) in [5.74, 6) is 1.08. The number of anilines is 1. The second kappa shape index (κ2) is 13.2. The van der Waals surface area contributed by atoms with Crippen molar-refractivity contribution < 1.29 is 35.9 Å². The Labute approximate surface area is 264 Å². The summed E-state index contributed by atoms with van der Waals surface area (Å²) in [6.45, 7) is 9.19. The summed E-state index contributed by atoms with van der Waals surface area (Å²) < 4.78 is 89.0. The number of ether oxygens (including phenoxy) is 1. The smallest absolute Gasteiger partial charge is 0.416 e. The number of hydrogen-bond donors (Lipinski definition) is 0. The van der Waals surface area contributed by atoms with Crippen LogP contribution in [0.1, 0.15) is 88.2 Å². The van der Waals surface area contributed by atoms with Gasteiger partial charge in [-0.25, -0.2) is 9.78 Å². The molecule has 1 saturated carbocycles. The first-order valence-electron chi connectivity index (χ1n) is 15.7. The van der Waals surface area contributed by atoms with E-state index in [1.54, 1.807) is 19.3 Å². The first-order chi connectivity index (χ1) is 21.7. The number of amides is 1. The lowest BCUT2D eigenvalue weighted by atomic mass is 9.93. The average molecular weight is 652 g/mol.